The van der Waals surface area contributed by atoms with Gasteiger partial charge in [-0.2, -0.15) is 5.10 Å². The number of nitrogens with one attached hydrogen (secondary N) is 3. The summed E-state index contributed by atoms with van der Waals surface area (Å²) in [5.41, 5.74) is 3.18. The third kappa shape index (κ3) is 5.28. The molecule has 3 N–H and O–H groups in total. The lowest BCUT2D eigenvalue weighted by molar-refractivity contribution is 0.0940. The van der Waals surface area contributed by atoms with Crippen LogP contribution in [0, 0.1) is 12.7 Å². The molecule has 8 heteroatoms. The summed E-state index contributed by atoms with van der Waals surface area (Å²) in [6.07, 6.45) is 1.68. The van der Waals surface area contributed by atoms with Crippen molar-refractivity contribution in [3.05, 3.63) is 77.4 Å². The Morgan fingerprint density at radius 3 is 2.35 bits per heavy atom. The van der Waals surface area contributed by atoms with Crippen molar-refractivity contribution in [1.29, 1.82) is 0 Å². The van der Waals surface area contributed by atoms with Gasteiger partial charge >= 0.3 is 6.03 Å². The summed E-state index contributed by atoms with van der Waals surface area (Å²) >= 11 is 0. The number of amides is 3. The van der Waals surface area contributed by atoms with E-state index in [0.29, 0.717) is 11.3 Å². The molecule has 162 valence electrons. The average Bonchev–Trinajstić information content (AvgIpc) is 3.09. The number of para-hydroxylation sites is 1. The largest absolute Gasteiger partial charge is 0.345 e. The van der Waals surface area contributed by atoms with Gasteiger partial charge in [-0.3, -0.25) is 4.79 Å². The minimum atomic E-state index is -0.375. The fraction of sp³-hybridized carbons (Fsp3) is 0.261. The molecule has 0 aliphatic carbocycles. The summed E-state index contributed by atoms with van der Waals surface area (Å²) in [4.78, 5) is 25.0. The number of halogens is 1. The van der Waals surface area contributed by atoms with Gasteiger partial charge in [-0.25, -0.2) is 13.9 Å². The van der Waals surface area contributed by atoms with E-state index in [-0.39, 0.29) is 29.8 Å². The van der Waals surface area contributed by atoms with Crippen LogP contribution in [0.5, 0.6) is 0 Å². The Kier molecular flexibility index (Phi) is 6.69. The second kappa shape index (κ2) is 9.42. The first-order valence-corrected chi connectivity index (χ1v) is 10.0. The third-order valence-electron chi connectivity index (χ3n) is 4.77. The smallest absolute Gasteiger partial charge is 0.319 e. The number of carbonyl (C=O) groups excluding carboxylic acids is 2. The van der Waals surface area contributed by atoms with E-state index in [1.54, 1.807) is 47.3 Å². The summed E-state index contributed by atoms with van der Waals surface area (Å²) in [5.74, 6) is -0.634. The highest BCUT2D eigenvalue weighted by molar-refractivity contribution is 6.03. The Morgan fingerprint density at radius 1 is 1.00 bits per heavy atom. The molecule has 0 saturated carbocycles. The zero-order chi connectivity index (χ0) is 22.5. The quantitative estimate of drug-likeness (QED) is 0.551. The first-order valence-electron chi connectivity index (χ1n) is 10.0. The summed E-state index contributed by atoms with van der Waals surface area (Å²) in [6, 6.07) is 12.1. The van der Waals surface area contributed by atoms with E-state index in [4.69, 9.17) is 0 Å². The maximum Gasteiger partial charge on any atom is 0.319 e. The van der Waals surface area contributed by atoms with E-state index in [0.717, 1.165) is 16.9 Å². The fourth-order valence-corrected chi connectivity index (χ4v) is 3.25. The van der Waals surface area contributed by atoms with Crippen LogP contribution >= 0.6 is 0 Å². The van der Waals surface area contributed by atoms with Crippen molar-refractivity contribution in [3.63, 3.8) is 0 Å². The van der Waals surface area contributed by atoms with Crippen LogP contribution in [0.1, 0.15) is 48.4 Å². The fourth-order valence-electron chi connectivity index (χ4n) is 3.25. The number of carbonyl (C=O) groups is 2. The molecule has 1 unspecified atom stereocenters. The molecular formula is C23H26FN5O2. The van der Waals surface area contributed by atoms with Gasteiger partial charge in [-0.05, 0) is 64.1 Å². The van der Waals surface area contributed by atoms with Crippen LogP contribution in [0.3, 0.4) is 0 Å². The molecule has 0 bridgehead atoms. The van der Waals surface area contributed by atoms with Crippen molar-refractivity contribution in [2.75, 3.05) is 5.32 Å². The number of urea groups is 1. The molecule has 3 aromatic rings. The first kappa shape index (κ1) is 22.0. The SMILES string of the molecule is Cc1c(C(C)NC(=O)c2ccccc2NC(=O)NC(C)C)cnn1-c1ccc(F)cc1. The molecule has 0 aliphatic heterocycles. The van der Waals surface area contributed by atoms with Gasteiger partial charge in [0.2, 0.25) is 0 Å². The minimum absolute atomic E-state index is 0.0263. The molecule has 0 aliphatic rings. The highest BCUT2D eigenvalue weighted by atomic mass is 19.1. The lowest BCUT2D eigenvalue weighted by Gasteiger charge is -2.17. The van der Waals surface area contributed by atoms with Gasteiger partial charge in [0.15, 0.2) is 0 Å². The van der Waals surface area contributed by atoms with Crippen molar-refractivity contribution >= 4 is 17.6 Å². The number of hydrogen-bond donors (Lipinski definition) is 3. The molecular weight excluding hydrogens is 397 g/mol. The first-order chi connectivity index (χ1) is 14.8. The average molecular weight is 423 g/mol. The van der Waals surface area contributed by atoms with Crippen molar-refractivity contribution < 1.29 is 14.0 Å². The second-order valence-corrected chi connectivity index (χ2v) is 7.57. The highest BCUT2D eigenvalue weighted by Crippen LogP contribution is 2.22. The Morgan fingerprint density at radius 2 is 1.68 bits per heavy atom. The zero-order valence-electron chi connectivity index (χ0n) is 17.9. The number of hydrogen-bond acceptors (Lipinski definition) is 3. The van der Waals surface area contributed by atoms with E-state index in [2.05, 4.69) is 21.0 Å². The van der Waals surface area contributed by atoms with Crippen LogP contribution < -0.4 is 16.0 Å². The number of anilines is 1. The topological polar surface area (TPSA) is 88.1 Å². The summed E-state index contributed by atoms with van der Waals surface area (Å²) < 4.78 is 14.9. The van der Waals surface area contributed by atoms with E-state index >= 15 is 0 Å². The number of aromatic nitrogens is 2. The van der Waals surface area contributed by atoms with Gasteiger partial charge in [0.1, 0.15) is 5.82 Å². The summed E-state index contributed by atoms with van der Waals surface area (Å²) in [6.45, 7) is 7.46. The van der Waals surface area contributed by atoms with Crippen molar-refractivity contribution in [2.24, 2.45) is 0 Å². The molecule has 1 aromatic heterocycles. The molecule has 2 aromatic carbocycles. The van der Waals surface area contributed by atoms with Crippen molar-refractivity contribution in [1.82, 2.24) is 20.4 Å². The molecule has 0 saturated heterocycles. The normalized spacial score (nSPS) is 11.8. The lowest BCUT2D eigenvalue weighted by Crippen LogP contribution is -2.35. The Labute approximate surface area is 180 Å². The monoisotopic (exact) mass is 423 g/mol. The van der Waals surface area contributed by atoms with Gasteiger partial charge in [0.25, 0.3) is 5.91 Å². The van der Waals surface area contributed by atoms with Crippen LogP contribution in [-0.2, 0) is 0 Å². The summed E-state index contributed by atoms with van der Waals surface area (Å²) in [7, 11) is 0. The number of rotatable bonds is 6. The summed E-state index contributed by atoms with van der Waals surface area (Å²) in [5, 5.41) is 12.8. The molecule has 1 atom stereocenters. The molecule has 3 amide bonds. The van der Waals surface area contributed by atoms with Crippen molar-refractivity contribution in [2.45, 2.75) is 39.8 Å². The number of nitrogens with zero attached hydrogens (tertiary/aromatic N) is 2. The molecule has 3 rings (SSSR count). The van der Waals surface area contributed by atoms with E-state index in [9.17, 15) is 14.0 Å². The van der Waals surface area contributed by atoms with Gasteiger partial charge in [0, 0.05) is 17.3 Å². The van der Waals surface area contributed by atoms with E-state index in [1.807, 2.05) is 27.7 Å². The Hall–Kier alpha value is -3.68. The van der Waals surface area contributed by atoms with Crippen LogP contribution in [0.25, 0.3) is 5.69 Å². The predicted octanol–water partition coefficient (Wildman–Crippen LogP) is 4.34. The van der Waals surface area contributed by atoms with Crippen molar-refractivity contribution in [3.8, 4) is 5.69 Å². The van der Waals surface area contributed by atoms with Crippen LogP contribution in [0.15, 0.2) is 54.7 Å². The lowest BCUT2D eigenvalue weighted by atomic mass is 10.1. The highest BCUT2D eigenvalue weighted by Gasteiger charge is 2.19. The zero-order valence-corrected chi connectivity index (χ0v) is 17.9. The van der Waals surface area contributed by atoms with Gasteiger partial charge in [-0.1, -0.05) is 12.1 Å². The predicted molar refractivity (Wildman–Crippen MR) is 118 cm³/mol. The Bertz CT molecular complexity index is 1080. The van der Waals surface area contributed by atoms with Crippen LogP contribution in [-0.4, -0.2) is 27.8 Å². The maximum absolute atomic E-state index is 13.2. The van der Waals surface area contributed by atoms with Gasteiger partial charge < -0.3 is 16.0 Å². The molecule has 1 heterocycles. The second-order valence-electron chi connectivity index (χ2n) is 7.57. The standard InChI is InChI=1S/C23H26FN5O2/c1-14(2)26-23(31)28-21-8-6-5-7-19(21)22(30)27-15(3)20-13-25-29(16(20)4)18-11-9-17(24)10-12-18/h5-15H,1-4H3,(H,27,30)(H2,26,28,31). The molecule has 0 radical (unpaired) electrons. The molecule has 7 nitrogen and oxygen atoms in total. The van der Waals surface area contributed by atoms with E-state index < -0.39 is 0 Å². The van der Waals surface area contributed by atoms with E-state index in [1.165, 1.54) is 12.1 Å². The van der Waals surface area contributed by atoms with Crippen LogP contribution in [0.4, 0.5) is 14.9 Å². The minimum Gasteiger partial charge on any atom is -0.345 e. The molecule has 0 fully saturated rings. The maximum atomic E-state index is 13.2. The van der Waals surface area contributed by atoms with Gasteiger partial charge in [0.05, 0.1) is 29.2 Å². The Balaban J connectivity index is 1.76. The third-order valence-corrected chi connectivity index (χ3v) is 4.77. The molecule has 31 heavy (non-hydrogen) atoms. The number of benzene rings is 2. The van der Waals surface area contributed by atoms with Crippen LogP contribution in [0.2, 0.25) is 0 Å². The molecule has 0 spiro atoms. The van der Waals surface area contributed by atoms with Gasteiger partial charge in [-0.15, -0.1) is 0 Å².